The molecular weight excluding hydrogens is 340 g/mol. The van der Waals surface area contributed by atoms with Crippen LogP contribution in [0.4, 0.5) is 5.82 Å². The summed E-state index contributed by atoms with van der Waals surface area (Å²) in [7, 11) is 5.15. The Morgan fingerprint density at radius 3 is 1.96 bits per heavy atom. The smallest absolute Gasteiger partial charge is 0.161 e. The van der Waals surface area contributed by atoms with Crippen molar-refractivity contribution in [1.82, 2.24) is 14.8 Å². The molecule has 4 rings (SSSR count). The van der Waals surface area contributed by atoms with Gasteiger partial charge in [-0.15, -0.1) is 0 Å². The van der Waals surface area contributed by atoms with Crippen LogP contribution in [0.15, 0.2) is 54.6 Å². The lowest BCUT2D eigenvalue weighted by Crippen LogP contribution is -1.95. The molecule has 0 fully saturated rings. The van der Waals surface area contributed by atoms with Gasteiger partial charge < -0.3 is 15.2 Å². The number of hydrogen-bond donors (Lipinski definition) is 1. The first-order chi connectivity index (χ1) is 13.1. The summed E-state index contributed by atoms with van der Waals surface area (Å²) >= 11 is 0. The predicted octanol–water partition coefficient (Wildman–Crippen LogP) is 3.90. The number of methoxy groups -OCH3 is 2. The van der Waals surface area contributed by atoms with Gasteiger partial charge in [-0.3, -0.25) is 0 Å². The molecule has 0 radical (unpaired) electrons. The second-order valence-electron chi connectivity index (χ2n) is 6.22. The molecule has 0 atom stereocenters. The molecule has 136 valence electrons. The third-order valence-electron chi connectivity index (χ3n) is 4.61. The molecule has 2 aromatic carbocycles. The Bertz CT molecular complexity index is 1100. The summed E-state index contributed by atoms with van der Waals surface area (Å²) in [6, 6.07) is 17.8. The first kappa shape index (κ1) is 16.9. The fourth-order valence-corrected chi connectivity index (χ4v) is 3.19. The van der Waals surface area contributed by atoms with E-state index in [4.69, 9.17) is 20.2 Å². The monoisotopic (exact) mass is 360 g/mol. The van der Waals surface area contributed by atoms with Crippen molar-refractivity contribution >= 4 is 16.9 Å². The van der Waals surface area contributed by atoms with Gasteiger partial charge in [-0.25, -0.2) is 9.67 Å². The molecule has 6 nitrogen and oxygen atoms in total. The van der Waals surface area contributed by atoms with Gasteiger partial charge in [0.2, 0.25) is 0 Å². The first-order valence-corrected chi connectivity index (χ1v) is 8.53. The SMILES string of the molecule is COc1ccc(-c2cc(-c3ccc(OC)cc3)c3c(N)nn(C)c3n2)cc1. The summed E-state index contributed by atoms with van der Waals surface area (Å²) in [5, 5.41) is 5.21. The maximum atomic E-state index is 6.18. The Morgan fingerprint density at radius 1 is 0.852 bits per heavy atom. The van der Waals surface area contributed by atoms with Crippen molar-refractivity contribution < 1.29 is 9.47 Å². The van der Waals surface area contributed by atoms with Crippen molar-refractivity contribution in [1.29, 1.82) is 0 Å². The van der Waals surface area contributed by atoms with Gasteiger partial charge in [0, 0.05) is 12.6 Å². The number of nitrogen functional groups attached to an aromatic ring is 1. The fourth-order valence-electron chi connectivity index (χ4n) is 3.19. The second kappa shape index (κ2) is 6.64. The third kappa shape index (κ3) is 2.95. The minimum Gasteiger partial charge on any atom is -0.497 e. The molecule has 0 aliphatic carbocycles. The number of benzene rings is 2. The molecule has 0 aliphatic heterocycles. The van der Waals surface area contributed by atoms with Crippen molar-refractivity contribution in [3.05, 3.63) is 54.6 Å². The van der Waals surface area contributed by atoms with Gasteiger partial charge in [0.1, 0.15) is 11.5 Å². The quantitative estimate of drug-likeness (QED) is 0.597. The Labute approximate surface area is 157 Å². The average Bonchev–Trinajstić information content (AvgIpc) is 3.01. The highest BCUT2D eigenvalue weighted by atomic mass is 16.5. The van der Waals surface area contributed by atoms with Gasteiger partial charge >= 0.3 is 0 Å². The molecule has 2 N–H and O–H groups in total. The minimum absolute atomic E-state index is 0.465. The van der Waals surface area contributed by atoms with E-state index >= 15 is 0 Å². The third-order valence-corrected chi connectivity index (χ3v) is 4.61. The van der Waals surface area contributed by atoms with Gasteiger partial charge in [-0.05, 0) is 53.6 Å². The zero-order valence-corrected chi connectivity index (χ0v) is 15.4. The zero-order chi connectivity index (χ0) is 19.0. The standard InChI is InChI=1S/C21H20N4O2/c1-25-21-19(20(22)24-25)17(13-4-8-15(26-2)9-5-13)12-18(23-21)14-6-10-16(27-3)11-7-14/h4-12H,1-3H3,(H2,22,24). The molecule has 4 aromatic rings. The molecule has 0 amide bonds. The van der Waals surface area contributed by atoms with E-state index in [1.54, 1.807) is 18.9 Å². The summed E-state index contributed by atoms with van der Waals surface area (Å²) in [6.45, 7) is 0. The Kier molecular flexibility index (Phi) is 4.16. The average molecular weight is 360 g/mol. The van der Waals surface area contributed by atoms with Crippen LogP contribution in [0, 0.1) is 0 Å². The van der Waals surface area contributed by atoms with E-state index in [-0.39, 0.29) is 0 Å². The number of nitrogens with zero attached hydrogens (tertiary/aromatic N) is 3. The topological polar surface area (TPSA) is 75.2 Å². The lowest BCUT2D eigenvalue weighted by atomic mass is 10.00. The van der Waals surface area contributed by atoms with Gasteiger partial charge in [0.05, 0.1) is 25.3 Å². The number of anilines is 1. The molecular formula is C21H20N4O2. The minimum atomic E-state index is 0.465. The zero-order valence-electron chi connectivity index (χ0n) is 15.4. The van der Waals surface area contributed by atoms with E-state index in [0.717, 1.165) is 44.9 Å². The highest BCUT2D eigenvalue weighted by molar-refractivity contribution is 6.01. The normalized spacial score (nSPS) is 10.9. The largest absolute Gasteiger partial charge is 0.497 e. The highest BCUT2D eigenvalue weighted by Gasteiger charge is 2.16. The summed E-state index contributed by atoms with van der Waals surface area (Å²) in [5.41, 5.74) is 10.8. The summed E-state index contributed by atoms with van der Waals surface area (Å²) in [6.07, 6.45) is 0. The number of aromatic nitrogens is 3. The van der Waals surface area contributed by atoms with Gasteiger partial charge in [0.25, 0.3) is 0 Å². The maximum Gasteiger partial charge on any atom is 0.161 e. The molecule has 27 heavy (non-hydrogen) atoms. The van der Waals surface area contributed by atoms with Crippen molar-refractivity contribution in [3.63, 3.8) is 0 Å². The molecule has 0 spiro atoms. The number of nitrogens with two attached hydrogens (primary N) is 1. The van der Waals surface area contributed by atoms with Crippen LogP contribution in [-0.2, 0) is 7.05 Å². The van der Waals surface area contributed by atoms with Gasteiger partial charge in [-0.1, -0.05) is 12.1 Å². The van der Waals surface area contributed by atoms with E-state index in [1.807, 2.05) is 61.6 Å². The molecule has 6 heteroatoms. The van der Waals surface area contributed by atoms with E-state index in [9.17, 15) is 0 Å². The van der Waals surface area contributed by atoms with Crippen LogP contribution >= 0.6 is 0 Å². The Balaban J connectivity index is 1.94. The number of rotatable bonds is 4. The van der Waals surface area contributed by atoms with Crippen molar-refractivity contribution in [2.45, 2.75) is 0 Å². The lowest BCUT2D eigenvalue weighted by molar-refractivity contribution is 0.415. The Morgan fingerprint density at radius 2 is 1.41 bits per heavy atom. The van der Waals surface area contributed by atoms with Crippen molar-refractivity contribution in [2.75, 3.05) is 20.0 Å². The molecule has 0 bridgehead atoms. The molecule has 2 heterocycles. The van der Waals surface area contributed by atoms with E-state index < -0.39 is 0 Å². The van der Waals surface area contributed by atoms with Crippen LogP contribution < -0.4 is 15.2 Å². The number of pyridine rings is 1. The number of hydrogen-bond acceptors (Lipinski definition) is 5. The molecule has 0 saturated heterocycles. The summed E-state index contributed by atoms with van der Waals surface area (Å²) in [5.74, 6) is 2.07. The maximum absolute atomic E-state index is 6.18. The van der Waals surface area contributed by atoms with E-state index in [0.29, 0.717) is 5.82 Å². The van der Waals surface area contributed by atoms with Crippen LogP contribution in [0.2, 0.25) is 0 Å². The first-order valence-electron chi connectivity index (χ1n) is 8.53. The second-order valence-corrected chi connectivity index (χ2v) is 6.22. The van der Waals surface area contributed by atoms with Crippen LogP contribution in [0.25, 0.3) is 33.4 Å². The molecule has 0 aliphatic rings. The lowest BCUT2D eigenvalue weighted by Gasteiger charge is -2.10. The van der Waals surface area contributed by atoms with Crippen LogP contribution in [0.3, 0.4) is 0 Å². The van der Waals surface area contributed by atoms with Gasteiger partial charge in [0.15, 0.2) is 11.5 Å². The van der Waals surface area contributed by atoms with E-state index in [1.165, 1.54) is 0 Å². The summed E-state index contributed by atoms with van der Waals surface area (Å²) < 4.78 is 12.2. The molecule has 0 saturated carbocycles. The fraction of sp³-hybridized carbons (Fsp3) is 0.143. The number of fused-ring (bicyclic) bond motifs is 1. The number of aryl methyl sites for hydroxylation is 1. The van der Waals surface area contributed by atoms with E-state index in [2.05, 4.69) is 5.10 Å². The van der Waals surface area contributed by atoms with Crippen molar-refractivity contribution in [2.24, 2.45) is 7.05 Å². The van der Waals surface area contributed by atoms with Crippen molar-refractivity contribution in [3.8, 4) is 33.9 Å². The Hall–Kier alpha value is -3.54. The molecule has 0 unspecified atom stereocenters. The van der Waals surface area contributed by atoms with Crippen LogP contribution in [0.1, 0.15) is 0 Å². The molecule has 2 aromatic heterocycles. The summed E-state index contributed by atoms with van der Waals surface area (Å²) in [4.78, 5) is 4.80. The van der Waals surface area contributed by atoms with Crippen LogP contribution in [0.5, 0.6) is 11.5 Å². The predicted molar refractivity (Wildman–Crippen MR) is 107 cm³/mol. The van der Waals surface area contributed by atoms with Crippen LogP contribution in [-0.4, -0.2) is 29.0 Å². The number of ether oxygens (including phenoxy) is 2. The van der Waals surface area contributed by atoms with Gasteiger partial charge in [-0.2, -0.15) is 5.10 Å². The highest BCUT2D eigenvalue weighted by Crippen LogP contribution is 2.35.